The second-order valence-corrected chi connectivity index (χ2v) is 14.0. The third-order valence-electron chi connectivity index (χ3n) is 7.26. The molecule has 1 amide bonds. The molecule has 266 valence electrons. The lowest BCUT2D eigenvalue weighted by Gasteiger charge is -2.25. The molecule has 0 saturated heterocycles. The number of carbonyl (C=O) groups excluding carboxylic acids is 3. The van der Waals surface area contributed by atoms with E-state index in [9.17, 15) is 14.4 Å². The van der Waals surface area contributed by atoms with Gasteiger partial charge in [-0.3, -0.25) is 9.59 Å². The molecule has 0 bridgehead atoms. The van der Waals surface area contributed by atoms with Gasteiger partial charge in [0.1, 0.15) is 18.6 Å². The van der Waals surface area contributed by atoms with Crippen LogP contribution in [0, 0.1) is 5.92 Å². The molecule has 8 nitrogen and oxygen atoms in total. The van der Waals surface area contributed by atoms with Crippen LogP contribution in [0.2, 0.25) is 0 Å². The number of hydrogen-bond donors (Lipinski definition) is 0. The number of allylic oxidation sites excluding steroid dienone is 6. The molecule has 2 aromatic carbocycles. The van der Waals surface area contributed by atoms with Crippen LogP contribution in [0.4, 0.5) is 0 Å². The molecule has 0 aliphatic carbocycles. The first-order valence-electron chi connectivity index (χ1n) is 15.8. The summed E-state index contributed by atoms with van der Waals surface area (Å²) in [7, 11) is 2.88. The molecule has 0 aliphatic rings. The second kappa shape index (κ2) is 22.3. The number of hydrogen-bond acceptors (Lipinski definition) is 7. The van der Waals surface area contributed by atoms with Gasteiger partial charge in [-0.2, -0.15) is 0 Å². The molecule has 2 atom stereocenters. The van der Waals surface area contributed by atoms with Gasteiger partial charge in [0, 0.05) is 19.2 Å². The Labute approximate surface area is 305 Å². The average molecular weight is 735 g/mol. The maximum absolute atomic E-state index is 13.3. The van der Waals surface area contributed by atoms with E-state index < -0.39 is 15.9 Å². The molecule has 0 unspecified atom stereocenters. The maximum atomic E-state index is 13.3. The third-order valence-corrected chi connectivity index (χ3v) is 7.99. The first-order chi connectivity index (χ1) is 23.3. The monoisotopic (exact) mass is 733 g/mol. The average Bonchev–Trinajstić information content (AvgIpc) is 3.06. The standard InChI is InChI=1S/C38H46Cl3NO7/c1-28(22-29(2)15-21-35(38(39,40)41)49-27-48-26-32-11-7-6-8-12-32)14-18-33(43)23-36(44)42(24-30(3)10-9-13-37(45)47-5)25-31-16-19-34(46-4)20-17-31/h6-14,16-20,22,29,35H,15,21,23-27H2,1-5H3/b13-9+,18-14+,28-22+,30-10+/t29-,35-/m1/s1. The zero-order valence-electron chi connectivity index (χ0n) is 28.7. The van der Waals surface area contributed by atoms with Gasteiger partial charge in [0.2, 0.25) is 9.70 Å². The number of nitrogens with zero attached hydrogens (tertiary/aromatic N) is 1. The molecule has 0 saturated carbocycles. The van der Waals surface area contributed by atoms with Crippen molar-refractivity contribution in [2.24, 2.45) is 5.92 Å². The molecule has 49 heavy (non-hydrogen) atoms. The van der Waals surface area contributed by atoms with Gasteiger partial charge >= 0.3 is 5.97 Å². The van der Waals surface area contributed by atoms with Crippen molar-refractivity contribution in [1.82, 2.24) is 4.90 Å². The summed E-state index contributed by atoms with van der Waals surface area (Å²) in [6.45, 7) is 6.68. The largest absolute Gasteiger partial charge is 0.497 e. The summed E-state index contributed by atoms with van der Waals surface area (Å²) in [6, 6.07) is 17.1. The predicted octanol–water partition coefficient (Wildman–Crippen LogP) is 8.51. The van der Waals surface area contributed by atoms with Crippen molar-refractivity contribution in [1.29, 1.82) is 0 Å². The van der Waals surface area contributed by atoms with Gasteiger partial charge in [-0.05, 0) is 61.9 Å². The van der Waals surface area contributed by atoms with Crippen molar-refractivity contribution < 1.29 is 33.3 Å². The molecular weight excluding hydrogens is 689 g/mol. The first kappa shape index (κ1) is 41.8. The minimum atomic E-state index is -1.62. The summed E-state index contributed by atoms with van der Waals surface area (Å²) >= 11 is 18.6. The number of esters is 1. The van der Waals surface area contributed by atoms with E-state index in [-0.39, 0.29) is 37.4 Å². The van der Waals surface area contributed by atoms with Crippen molar-refractivity contribution in [3.63, 3.8) is 0 Å². The Balaban J connectivity index is 1.96. The van der Waals surface area contributed by atoms with E-state index in [4.69, 9.17) is 49.0 Å². The van der Waals surface area contributed by atoms with Gasteiger partial charge in [-0.15, -0.1) is 0 Å². The summed E-state index contributed by atoms with van der Waals surface area (Å²) in [4.78, 5) is 39.2. The number of alkyl halides is 3. The van der Waals surface area contributed by atoms with Gasteiger partial charge < -0.3 is 23.8 Å². The van der Waals surface area contributed by atoms with Gasteiger partial charge in [0.05, 0.1) is 27.2 Å². The van der Waals surface area contributed by atoms with Gasteiger partial charge in [0.15, 0.2) is 5.78 Å². The van der Waals surface area contributed by atoms with E-state index >= 15 is 0 Å². The molecule has 2 aromatic rings. The number of amides is 1. The topological polar surface area (TPSA) is 91.4 Å². The molecule has 2 rings (SSSR count). The minimum absolute atomic E-state index is 0.0138. The van der Waals surface area contributed by atoms with Crippen molar-refractivity contribution in [3.8, 4) is 5.75 Å². The first-order valence-corrected chi connectivity index (χ1v) is 17.0. The van der Waals surface area contributed by atoms with Crippen molar-refractivity contribution >= 4 is 52.5 Å². The van der Waals surface area contributed by atoms with Crippen LogP contribution in [0.3, 0.4) is 0 Å². The molecule has 11 heteroatoms. The molecular formula is C38H46Cl3NO7. The molecule has 0 aliphatic heterocycles. The Kier molecular flexibility index (Phi) is 19.0. The number of ketones is 1. The van der Waals surface area contributed by atoms with Crippen LogP contribution >= 0.6 is 34.8 Å². The lowest BCUT2D eigenvalue weighted by Crippen LogP contribution is -2.33. The quantitative estimate of drug-likeness (QED) is 0.0256. The van der Waals surface area contributed by atoms with Gasteiger partial charge in [-0.1, -0.05) is 120 Å². The highest BCUT2D eigenvalue weighted by Gasteiger charge is 2.33. The molecule has 0 radical (unpaired) electrons. The Morgan fingerprint density at radius 1 is 0.898 bits per heavy atom. The van der Waals surface area contributed by atoms with Crippen LogP contribution in [0.25, 0.3) is 0 Å². The number of carbonyl (C=O) groups is 3. The number of rotatable bonds is 20. The van der Waals surface area contributed by atoms with Crippen LogP contribution in [0.1, 0.15) is 51.2 Å². The highest BCUT2D eigenvalue weighted by Crippen LogP contribution is 2.35. The predicted molar refractivity (Wildman–Crippen MR) is 196 cm³/mol. The van der Waals surface area contributed by atoms with E-state index in [0.717, 1.165) is 22.3 Å². The zero-order valence-corrected chi connectivity index (χ0v) is 31.0. The molecule has 0 fully saturated rings. The van der Waals surface area contributed by atoms with E-state index in [1.165, 1.54) is 19.3 Å². The maximum Gasteiger partial charge on any atom is 0.330 e. The molecule has 0 heterocycles. The summed E-state index contributed by atoms with van der Waals surface area (Å²) in [6.07, 6.45) is 9.88. The van der Waals surface area contributed by atoms with E-state index in [1.807, 2.05) is 81.4 Å². The summed E-state index contributed by atoms with van der Waals surface area (Å²) < 4.78 is 19.6. The molecule has 0 aromatic heterocycles. The highest BCUT2D eigenvalue weighted by molar-refractivity contribution is 6.68. The lowest BCUT2D eigenvalue weighted by atomic mass is 10.00. The van der Waals surface area contributed by atoms with Crippen molar-refractivity contribution in [2.75, 3.05) is 27.6 Å². The summed E-state index contributed by atoms with van der Waals surface area (Å²) in [5.41, 5.74) is 3.57. The van der Waals surface area contributed by atoms with E-state index in [2.05, 4.69) is 4.74 Å². The second-order valence-electron chi connectivity index (χ2n) is 11.6. The SMILES string of the molecule is COC(=O)/C=C/C=C(\C)CN(Cc1ccc(OC)cc1)C(=O)CC(=O)/C=C/C(C)=C/[C@H](C)CC[C@@H](OCOCc1ccccc1)C(Cl)(Cl)Cl. The Morgan fingerprint density at radius 2 is 1.59 bits per heavy atom. The third kappa shape index (κ3) is 17.7. The van der Waals surface area contributed by atoms with Gasteiger partial charge in [0.25, 0.3) is 0 Å². The van der Waals surface area contributed by atoms with Gasteiger partial charge in [-0.25, -0.2) is 4.79 Å². The number of methoxy groups -OCH3 is 2. The Hall–Kier alpha value is -3.40. The fourth-order valence-electron chi connectivity index (χ4n) is 4.65. The van der Waals surface area contributed by atoms with E-state index in [1.54, 1.807) is 30.2 Å². The smallest absolute Gasteiger partial charge is 0.330 e. The number of ether oxygens (including phenoxy) is 4. The van der Waals surface area contributed by atoms with Crippen LogP contribution in [-0.4, -0.2) is 60.0 Å². The summed E-state index contributed by atoms with van der Waals surface area (Å²) in [5, 5.41) is 0. The van der Waals surface area contributed by atoms with E-state index in [0.29, 0.717) is 31.7 Å². The highest BCUT2D eigenvalue weighted by atomic mass is 35.6. The molecule has 0 spiro atoms. The minimum Gasteiger partial charge on any atom is -0.497 e. The van der Waals surface area contributed by atoms with Crippen LogP contribution < -0.4 is 4.74 Å². The fourth-order valence-corrected chi connectivity index (χ4v) is 5.16. The van der Waals surface area contributed by atoms with Crippen LogP contribution in [-0.2, 0) is 41.7 Å². The van der Waals surface area contributed by atoms with Crippen LogP contribution in [0.15, 0.2) is 102 Å². The Morgan fingerprint density at radius 3 is 2.22 bits per heavy atom. The van der Waals surface area contributed by atoms with Crippen molar-refractivity contribution in [3.05, 3.63) is 113 Å². The fraction of sp³-hybridized carbons (Fsp3) is 0.395. The normalized spacial score (nSPS) is 13.8. The lowest BCUT2D eigenvalue weighted by molar-refractivity contribution is -0.135. The Bertz CT molecular complexity index is 1450. The number of benzene rings is 2. The molecule has 0 N–H and O–H groups in total. The van der Waals surface area contributed by atoms with Crippen molar-refractivity contribution in [2.45, 2.75) is 63.1 Å². The van der Waals surface area contributed by atoms with Crippen LogP contribution in [0.5, 0.6) is 5.75 Å². The zero-order chi connectivity index (χ0) is 36.2. The summed E-state index contributed by atoms with van der Waals surface area (Å²) in [5.74, 6) is -0.333. The number of halogens is 3.